The number of unbranched alkanes of at least 4 members (excludes halogenated alkanes) is 1. The number of amides is 1. The molecule has 0 radical (unpaired) electrons. The minimum Gasteiger partial charge on any atom is -0.338 e. The average Bonchev–Trinajstić information content (AvgIpc) is 3.00. The zero-order valence-corrected chi connectivity index (χ0v) is 20.6. The van der Waals surface area contributed by atoms with E-state index in [9.17, 15) is 4.79 Å². The molecule has 1 aromatic heterocycles. The third-order valence-corrected chi connectivity index (χ3v) is 6.32. The van der Waals surface area contributed by atoms with Crippen LogP contribution in [0.1, 0.15) is 65.9 Å². The number of rotatable bonds is 7. The molecule has 0 unspecified atom stereocenters. The van der Waals surface area contributed by atoms with Gasteiger partial charge in [0.2, 0.25) is 5.91 Å². The number of hydrogen-bond acceptors (Lipinski definition) is 4. The number of hydrogen-bond donors (Lipinski definition) is 2. The van der Waals surface area contributed by atoms with Crippen molar-refractivity contribution in [2.75, 3.05) is 6.54 Å². The number of nitrogens with zero attached hydrogens (tertiary/aromatic N) is 3. The predicted molar refractivity (Wildman–Crippen MR) is 129 cm³/mol. The molecule has 3 rings (SSSR count). The highest BCUT2D eigenvalue weighted by atomic mass is 32.1. The number of benzene rings is 1. The average molecular weight is 444 g/mol. The van der Waals surface area contributed by atoms with Gasteiger partial charge in [0.05, 0.1) is 0 Å². The standard InChI is InChI=1S/C24H37N5OS/c1-7-8-12-28(19-14-23(3,4)27-24(5,6)15-19)20(30)16-29-21(25-26-22(29)31)18-11-9-10-17(2)13-18/h9-11,13,19,27H,7-8,12,14-16H2,1-6H3,(H,26,31). The van der Waals surface area contributed by atoms with Gasteiger partial charge in [-0.1, -0.05) is 37.1 Å². The van der Waals surface area contributed by atoms with Gasteiger partial charge in [-0.15, -0.1) is 0 Å². The smallest absolute Gasteiger partial charge is 0.242 e. The second kappa shape index (κ2) is 9.25. The molecule has 0 atom stereocenters. The highest BCUT2D eigenvalue weighted by Crippen LogP contribution is 2.32. The zero-order chi connectivity index (χ0) is 22.8. The maximum atomic E-state index is 13.6. The molecule has 170 valence electrons. The number of aryl methyl sites for hydroxylation is 1. The first-order valence-corrected chi connectivity index (χ1v) is 11.7. The summed E-state index contributed by atoms with van der Waals surface area (Å²) in [7, 11) is 0. The molecule has 31 heavy (non-hydrogen) atoms. The van der Waals surface area contributed by atoms with Crippen LogP contribution < -0.4 is 5.32 Å². The number of nitrogens with one attached hydrogen (secondary N) is 2. The first kappa shape index (κ1) is 23.7. The molecule has 0 spiro atoms. The first-order chi connectivity index (χ1) is 14.5. The van der Waals surface area contributed by atoms with Crippen molar-refractivity contribution in [1.82, 2.24) is 25.0 Å². The van der Waals surface area contributed by atoms with E-state index in [1.54, 1.807) is 0 Å². The molecule has 7 heteroatoms. The quantitative estimate of drug-likeness (QED) is 0.600. The SMILES string of the molecule is CCCCN(C(=O)Cn1c(-c2cccc(C)c2)n[nH]c1=S)C1CC(C)(C)NC(C)(C)C1. The van der Waals surface area contributed by atoms with Crippen LogP contribution in [0.25, 0.3) is 11.4 Å². The molecule has 1 aliphatic rings. The number of aromatic amines is 1. The largest absolute Gasteiger partial charge is 0.338 e. The minimum atomic E-state index is -0.0180. The summed E-state index contributed by atoms with van der Waals surface area (Å²) in [4.78, 5) is 15.7. The summed E-state index contributed by atoms with van der Waals surface area (Å²) in [5.41, 5.74) is 2.07. The lowest BCUT2D eigenvalue weighted by molar-refractivity contribution is -0.136. The van der Waals surface area contributed by atoms with Crippen molar-refractivity contribution in [2.24, 2.45) is 0 Å². The Bertz CT molecular complexity index is 958. The number of aromatic nitrogens is 3. The van der Waals surface area contributed by atoms with Gasteiger partial charge in [0.1, 0.15) is 6.54 Å². The van der Waals surface area contributed by atoms with Crippen LogP contribution in [-0.4, -0.2) is 49.2 Å². The Balaban J connectivity index is 1.89. The maximum absolute atomic E-state index is 13.6. The molecule has 1 amide bonds. The van der Waals surface area contributed by atoms with E-state index in [2.05, 4.69) is 61.1 Å². The fourth-order valence-electron chi connectivity index (χ4n) is 5.02. The van der Waals surface area contributed by atoms with Crippen LogP contribution >= 0.6 is 12.2 Å². The normalized spacial score (nSPS) is 18.1. The van der Waals surface area contributed by atoms with Gasteiger partial charge in [-0.2, -0.15) is 5.10 Å². The van der Waals surface area contributed by atoms with Crippen LogP contribution in [0.2, 0.25) is 0 Å². The summed E-state index contributed by atoms with van der Waals surface area (Å²) in [6.07, 6.45) is 3.93. The molecule has 2 aromatic rings. The van der Waals surface area contributed by atoms with Crippen molar-refractivity contribution in [3.8, 4) is 11.4 Å². The number of H-pyrrole nitrogens is 1. The monoisotopic (exact) mass is 443 g/mol. The van der Waals surface area contributed by atoms with Crippen molar-refractivity contribution in [3.63, 3.8) is 0 Å². The minimum absolute atomic E-state index is 0.0180. The Morgan fingerprint density at radius 2 is 1.94 bits per heavy atom. The lowest BCUT2D eigenvalue weighted by Crippen LogP contribution is -2.63. The summed E-state index contributed by atoms with van der Waals surface area (Å²) < 4.78 is 2.31. The maximum Gasteiger partial charge on any atom is 0.242 e. The van der Waals surface area contributed by atoms with Crippen molar-refractivity contribution in [1.29, 1.82) is 0 Å². The van der Waals surface area contributed by atoms with Crippen LogP contribution in [0.5, 0.6) is 0 Å². The van der Waals surface area contributed by atoms with Crippen LogP contribution in [0.15, 0.2) is 24.3 Å². The number of carbonyl (C=O) groups is 1. The first-order valence-electron chi connectivity index (χ1n) is 11.3. The summed E-state index contributed by atoms with van der Waals surface area (Å²) in [6.45, 7) is 14.1. The van der Waals surface area contributed by atoms with Gasteiger partial charge in [0.15, 0.2) is 10.6 Å². The Kier molecular flexibility index (Phi) is 7.06. The second-order valence-electron chi connectivity index (χ2n) is 10.2. The van der Waals surface area contributed by atoms with Crippen molar-refractivity contribution in [2.45, 2.75) is 90.9 Å². The van der Waals surface area contributed by atoms with Crippen molar-refractivity contribution >= 4 is 18.1 Å². The third kappa shape index (κ3) is 5.83. The van der Waals surface area contributed by atoms with Gasteiger partial charge in [0, 0.05) is 29.2 Å². The Labute approximate surface area is 191 Å². The van der Waals surface area contributed by atoms with E-state index in [0.29, 0.717) is 10.6 Å². The fraction of sp³-hybridized carbons (Fsp3) is 0.625. The highest BCUT2D eigenvalue weighted by Gasteiger charge is 2.41. The summed E-state index contributed by atoms with van der Waals surface area (Å²) in [5.74, 6) is 0.821. The lowest BCUT2D eigenvalue weighted by Gasteiger charge is -2.49. The second-order valence-corrected chi connectivity index (χ2v) is 10.6. The highest BCUT2D eigenvalue weighted by molar-refractivity contribution is 7.71. The molecule has 1 fully saturated rings. The molecular formula is C24H37N5OS. The van der Waals surface area contributed by atoms with Crippen LogP contribution in [0, 0.1) is 11.7 Å². The van der Waals surface area contributed by atoms with Crippen molar-refractivity contribution in [3.05, 3.63) is 34.6 Å². The van der Waals surface area contributed by atoms with Crippen LogP contribution in [-0.2, 0) is 11.3 Å². The molecule has 2 heterocycles. The Morgan fingerprint density at radius 3 is 2.55 bits per heavy atom. The van der Waals surface area contributed by atoms with E-state index in [4.69, 9.17) is 12.2 Å². The van der Waals surface area contributed by atoms with Gasteiger partial charge >= 0.3 is 0 Å². The number of carbonyl (C=O) groups excluding carboxylic acids is 1. The zero-order valence-electron chi connectivity index (χ0n) is 19.8. The van der Waals surface area contributed by atoms with Gasteiger partial charge in [0.25, 0.3) is 0 Å². The van der Waals surface area contributed by atoms with E-state index < -0.39 is 0 Å². The van der Waals surface area contributed by atoms with E-state index in [1.165, 1.54) is 0 Å². The van der Waals surface area contributed by atoms with E-state index in [1.807, 2.05) is 29.7 Å². The molecule has 2 N–H and O–H groups in total. The summed E-state index contributed by atoms with van der Waals surface area (Å²) >= 11 is 5.49. The Morgan fingerprint density at radius 1 is 1.26 bits per heavy atom. The fourth-order valence-corrected chi connectivity index (χ4v) is 5.22. The van der Waals surface area contributed by atoms with E-state index in [-0.39, 0.29) is 29.6 Å². The predicted octanol–water partition coefficient (Wildman–Crippen LogP) is 4.85. The van der Waals surface area contributed by atoms with E-state index >= 15 is 0 Å². The Hall–Kier alpha value is -1.99. The van der Waals surface area contributed by atoms with Crippen LogP contribution in [0.3, 0.4) is 0 Å². The van der Waals surface area contributed by atoms with Crippen molar-refractivity contribution < 1.29 is 4.79 Å². The molecule has 0 bridgehead atoms. The molecule has 0 saturated carbocycles. The van der Waals surface area contributed by atoms with Gasteiger partial charge < -0.3 is 10.2 Å². The van der Waals surface area contributed by atoms with Gasteiger partial charge in [-0.25, -0.2) is 0 Å². The van der Waals surface area contributed by atoms with Gasteiger partial charge in [-0.3, -0.25) is 14.5 Å². The summed E-state index contributed by atoms with van der Waals surface area (Å²) in [6, 6.07) is 8.33. The van der Waals surface area contributed by atoms with Crippen LogP contribution in [0.4, 0.5) is 0 Å². The summed E-state index contributed by atoms with van der Waals surface area (Å²) in [5, 5.41) is 11.0. The topological polar surface area (TPSA) is 66.0 Å². The molecular weight excluding hydrogens is 406 g/mol. The third-order valence-electron chi connectivity index (χ3n) is 6.01. The molecule has 1 saturated heterocycles. The van der Waals surface area contributed by atoms with E-state index in [0.717, 1.165) is 43.4 Å². The molecule has 6 nitrogen and oxygen atoms in total. The van der Waals surface area contributed by atoms with Gasteiger partial charge in [-0.05, 0) is 72.2 Å². The molecule has 1 aromatic carbocycles. The molecule has 1 aliphatic heterocycles. The molecule has 0 aliphatic carbocycles. The lowest BCUT2D eigenvalue weighted by atomic mass is 9.79. The number of piperidine rings is 1.